The summed E-state index contributed by atoms with van der Waals surface area (Å²) in [6.45, 7) is 5.79. The van der Waals surface area contributed by atoms with Gasteiger partial charge in [0.15, 0.2) is 0 Å². The predicted octanol–water partition coefficient (Wildman–Crippen LogP) is 3.12. The van der Waals surface area contributed by atoms with Crippen LogP contribution in [0, 0.1) is 0 Å². The predicted molar refractivity (Wildman–Crippen MR) is 58.5 cm³/mol. The fourth-order valence-electron chi connectivity index (χ4n) is 1.39. The molecule has 5 heteroatoms. The van der Waals surface area contributed by atoms with E-state index in [1.54, 1.807) is 0 Å². The van der Waals surface area contributed by atoms with Gasteiger partial charge in [-0.25, -0.2) is 0 Å². The van der Waals surface area contributed by atoms with E-state index >= 15 is 0 Å². The summed E-state index contributed by atoms with van der Waals surface area (Å²) >= 11 is 0. The highest BCUT2D eigenvalue weighted by atomic mass is 19.4. The lowest BCUT2D eigenvalue weighted by atomic mass is 10.2. The molecule has 2 nitrogen and oxygen atoms in total. The van der Waals surface area contributed by atoms with E-state index in [-0.39, 0.29) is 19.1 Å². The van der Waals surface area contributed by atoms with Gasteiger partial charge in [-0.15, -0.1) is 0 Å². The lowest BCUT2D eigenvalue weighted by molar-refractivity contribution is -0.138. The molecule has 0 aromatic rings. The van der Waals surface area contributed by atoms with Crippen molar-refractivity contribution in [3.05, 3.63) is 0 Å². The summed E-state index contributed by atoms with van der Waals surface area (Å²) in [7, 11) is 0. The van der Waals surface area contributed by atoms with Gasteiger partial charge in [0.25, 0.3) is 0 Å². The Bertz CT molecular complexity index is 162. The molecule has 0 saturated heterocycles. The summed E-state index contributed by atoms with van der Waals surface area (Å²) in [4.78, 5) is 0. The monoisotopic (exact) mass is 241 g/mol. The molecule has 0 aliphatic carbocycles. The smallest absolute Gasteiger partial charge is 0.377 e. The summed E-state index contributed by atoms with van der Waals surface area (Å²) in [6.07, 6.45) is -2.86. The molecule has 0 aromatic heterocycles. The van der Waals surface area contributed by atoms with Gasteiger partial charge >= 0.3 is 6.18 Å². The quantitative estimate of drug-likeness (QED) is 0.626. The molecule has 1 atom stereocenters. The van der Waals surface area contributed by atoms with E-state index < -0.39 is 12.6 Å². The van der Waals surface area contributed by atoms with Crippen LogP contribution < -0.4 is 5.32 Å². The van der Waals surface area contributed by atoms with Crippen molar-refractivity contribution in [2.24, 2.45) is 0 Å². The molecule has 1 unspecified atom stereocenters. The summed E-state index contributed by atoms with van der Waals surface area (Å²) in [5.41, 5.74) is 0. The molecule has 0 aromatic carbocycles. The van der Waals surface area contributed by atoms with E-state index in [0.29, 0.717) is 0 Å². The largest absolute Gasteiger partial charge is 0.389 e. The minimum atomic E-state index is -4.06. The van der Waals surface area contributed by atoms with Crippen molar-refractivity contribution in [3.8, 4) is 0 Å². The standard InChI is InChI=1S/C11H22F3NO/c1-3-6-10(9-15-4-2)16-8-5-7-11(12,13)14/h10,15H,3-9H2,1-2H3. The molecule has 16 heavy (non-hydrogen) atoms. The van der Waals surface area contributed by atoms with Gasteiger partial charge in [-0.1, -0.05) is 20.3 Å². The number of alkyl halides is 3. The topological polar surface area (TPSA) is 21.3 Å². The van der Waals surface area contributed by atoms with Crippen molar-refractivity contribution in [1.29, 1.82) is 0 Å². The van der Waals surface area contributed by atoms with Crippen molar-refractivity contribution in [1.82, 2.24) is 5.32 Å². The molecular weight excluding hydrogens is 219 g/mol. The van der Waals surface area contributed by atoms with Gasteiger partial charge < -0.3 is 10.1 Å². The number of ether oxygens (including phenoxy) is 1. The van der Waals surface area contributed by atoms with Crippen LogP contribution in [0.4, 0.5) is 13.2 Å². The van der Waals surface area contributed by atoms with Gasteiger partial charge in [0.2, 0.25) is 0 Å². The normalized spacial score (nSPS) is 14.1. The van der Waals surface area contributed by atoms with Crippen molar-refractivity contribution >= 4 is 0 Å². The molecule has 0 aliphatic rings. The molecule has 0 saturated carbocycles. The van der Waals surface area contributed by atoms with Crippen molar-refractivity contribution < 1.29 is 17.9 Å². The van der Waals surface area contributed by atoms with E-state index in [4.69, 9.17) is 4.74 Å². The third kappa shape index (κ3) is 10.2. The number of hydrogen-bond acceptors (Lipinski definition) is 2. The van der Waals surface area contributed by atoms with Gasteiger partial charge in [-0.2, -0.15) is 13.2 Å². The second kappa shape index (κ2) is 8.82. The van der Waals surface area contributed by atoms with Gasteiger partial charge in [0.1, 0.15) is 0 Å². The Hall–Kier alpha value is -0.290. The van der Waals surface area contributed by atoms with Crippen LogP contribution >= 0.6 is 0 Å². The van der Waals surface area contributed by atoms with Crippen LogP contribution in [0.5, 0.6) is 0 Å². The van der Waals surface area contributed by atoms with E-state index in [9.17, 15) is 13.2 Å². The molecule has 0 fully saturated rings. The van der Waals surface area contributed by atoms with E-state index in [1.165, 1.54) is 0 Å². The molecule has 0 amide bonds. The number of nitrogens with one attached hydrogen (secondary N) is 1. The zero-order chi connectivity index (χ0) is 12.4. The highest BCUT2D eigenvalue weighted by Gasteiger charge is 2.26. The maximum atomic E-state index is 11.9. The van der Waals surface area contributed by atoms with Crippen molar-refractivity contribution in [3.63, 3.8) is 0 Å². The molecule has 0 rings (SSSR count). The zero-order valence-electron chi connectivity index (χ0n) is 10.1. The first kappa shape index (κ1) is 15.7. The Kier molecular flexibility index (Phi) is 8.66. The average Bonchev–Trinajstić information content (AvgIpc) is 2.19. The highest BCUT2D eigenvalue weighted by Crippen LogP contribution is 2.21. The summed E-state index contributed by atoms with van der Waals surface area (Å²) in [6, 6.07) is 0. The van der Waals surface area contributed by atoms with E-state index in [2.05, 4.69) is 5.32 Å². The lowest BCUT2D eigenvalue weighted by Crippen LogP contribution is -2.29. The maximum Gasteiger partial charge on any atom is 0.389 e. The number of rotatable bonds is 9. The highest BCUT2D eigenvalue weighted by molar-refractivity contribution is 4.61. The summed E-state index contributed by atoms with van der Waals surface area (Å²) < 4.78 is 41.0. The fraction of sp³-hybridized carbons (Fsp3) is 1.00. The molecule has 1 N–H and O–H groups in total. The minimum Gasteiger partial charge on any atom is -0.377 e. The van der Waals surface area contributed by atoms with E-state index in [1.807, 2.05) is 13.8 Å². The molecule has 98 valence electrons. The van der Waals surface area contributed by atoms with Gasteiger partial charge in [0.05, 0.1) is 6.10 Å². The number of halogens is 3. The van der Waals surface area contributed by atoms with E-state index in [0.717, 1.165) is 25.9 Å². The first-order valence-electron chi connectivity index (χ1n) is 5.88. The Morgan fingerprint density at radius 1 is 1.25 bits per heavy atom. The SMILES string of the molecule is CCCC(CNCC)OCCCC(F)(F)F. The third-order valence-corrected chi connectivity index (χ3v) is 2.19. The number of hydrogen-bond donors (Lipinski definition) is 1. The summed E-state index contributed by atoms with van der Waals surface area (Å²) in [5.74, 6) is 0. The van der Waals surface area contributed by atoms with Gasteiger partial charge in [-0.05, 0) is 19.4 Å². The number of likely N-dealkylation sites (N-methyl/N-ethyl adjacent to an activating group) is 1. The molecule has 0 radical (unpaired) electrons. The van der Waals surface area contributed by atoms with Crippen LogP contribution in [-0.2, 0) is 4.74 Å². The Morgan fingerprint density at radius 3 is 2.44 bits per heavy atom. The Morgan fingerprint density at radius 2 is 1.94 bits per heavy atom. The second-order valence-corrected chi connectivity index (χ2v) is 3.81. The second-order valence-electron chi connectivity index (χ2n) is 3.81. The average molecular weight is 241 g/mol. The van der Waals surface area contributed by atoms with Crippen molar-refractivity contribution in [2.75, 3.05) is 19.7 Å². The first-order valence-corrected chi connectivity index (χ1v) is 5.88. The minimum absolute atomic E-state index is 0.0400. The van der Waals surface area contributed by atoms with Gasteiger partial charge in [0, 0.05) is 19.6 Å². The molecule has 0 spiro atoms. The Labute approximate surface area is 95.5 Å². The lowest BCUT2D eigenvalue weighted by Gasteiger charge is -2.17. The van der Waals surface area contributed by atoms with Crippen LogP contribution in [0.2, 0.25) is 0 Å². The Balaban J connectivity index is 3.59. The van der Waals surface area contributed by atoms with Crippen LogP contribution in [-0.4, -0.2) is 32.0 Å². The molecular formula is C11H22F3NO. The van der Waals surface area contributed by atoms with Crippen LogP contribution in [0.1, 0.15) is 39.5 Å². The molecule has 0 bridgehead atoms. The van der Waals surface area contributed by atoms with Crippen LogP contribution in [0.15, 0.2) is 0 Å². The van der Waals surface area contributed by atoms with Gasteiger partial charge in [-0.3, -0.25) is 0 Å². The molecule has 0 heterocycles. The van der Waals surface area contributed by atoms with Crippen molar-refractivity contribution in [2.45, 2.75) is 51.8 Å². The zero-order valence-corrected chi connectivity index (χ0v) is 10.1. The van der Waals surface area contributed by atoms with Crippen LogP contribution in [0.3, 0.4) is 0 Å². The molecule has 0 aliphatic heterocycles. The first-order chi connectivity index (χ1) is 7.49. The van der Waals surface area contributed by atoms with Crippen LogP contribution in [0.25, 0.3) is 0 Å². The maximum absolute atomic E-state index is 11.9. The fourth-order valence-corrected chi connectivity index (χ4v) is 1.39. The third-order valence-electron chi connectivity index (χ3n) is 2.19. The summed E-state index contributed by atoms with van der Waals surface area (Å²) in [5, 5.41) is 3.14.